The van der Waals surface area contributed by atoms with Crippen molar-refractivity contribution in [2.24, 2.45) is 5.41 Å². The first-order valence-corrected chi connectivity index (χ1v) is 8.92. The number of aromatic nitrogens is 2. The number of ketones is 1. The van der Waals surface area contributed by atoms with Gasteiger partial charge in [0.15, 0.2) is 11.3 Å². The molecule has 0 aliphatic heterocycles. The molecule has 6 nitrogen and oxygen atoms in total. The average molecular weight is 421 g/mol. The Kier molecular flexibility index (Phi) is 6.33. The predicted octanol–water partition coefficient (Wildman–Crippen LogP) is 3.39. The van der Waals surface area contributed by atoms with Gasteiger partial charge in [0.1, 0.15) is 11.6 Å². The largest absolute Gasteiger partial charge is 0.506 e. The number of pyridine rings is 1. The van der Waals surface area contributed by atoms with Crippen LogP contribution in [0, 0.1) is 11.2 Å². The van der Waals surface area contributed by atoms with Crippen molar-refractivity contribution in [2.45, 2.75) is 33.7 Å². The average Bonchev–Trinajstić information content (AvgIpc) is 2.67. The summed E-state index contributed by atoms with van der Waals surface area (Å²) in [6.07, 6.45) is 3.27. The molecule has 3 rings (SSSR count). The predicted molar refractivity (Wildman–Crippen MR) is 111 cm³/mol. The van der Waals surface area contributed by atoms with Crippen molar-refractivity contribution >= 4 is 23.7 Å². The van der Waals surface area contributed by atoms with Gasteiger partial charge in [-0.1, -0.05) is 32.9 Å². The Morgan fingerprint density at radius 1 is 1.10 bits per heavy atom. The summed E-state index contributed by atoms with van der Waals surface area (Å²) in [5, 5.41) is 10.4. The number of fused-ring (bicyclic) bond motifs is 1. The minimum Gasteiger partial charge on any atom is -0.506 e. The number of hydrogen-bond acceptors (Lipinski definition) is 4. The second kappa shape index (κ2) is 8.21. The van der Waals surface area contributed by atoms with Crippen LogP contribution in [0.15, 0.2) is 52.3 Å². The van der Waals surface area contributed by atoms with E-state index in [4.69, 9.17) is 0 Å². The topological polar surface area (TPSA) is 80.8 Å². The lowest BCUT2D eigenvalue weighted by atomic mass is 9.82. The molecule has 0 atom stereocenters. The fraction of sp³-hybridized carbons (Fsp3) is 0.286. The molecule has 0 aliphatic carbocycles. The van der Waals surface area contributed by atoms with Gasteiger partial charge in [-0.3, -0.25) is 18.8 Å². The highest BCUT2D eigenvalue weighted by atomic mass is 35.5. The fourth-order valence-corrected chi connectivity index (χ4v) is 2.93. The second-order valence-corrected chi connectivity index (χ2v) is 7.39. The molecule has 0 fully saturated rings. The van der Waals surface area contributed by atoms with Crippen molar-refractivity contribution in [3.8, 4) is 5.75 Å². The molecule has 0 unspecified atom stereocenters. The molecule has 0 amide bonds. The van der Waals surface area contributed by atoms with Crippen LogP contribution in [0.4, 0.5) is 4.39 Å². The first-order valence-electron chi connectivity index (χ1n) is 8.92. The molecule has 0 saturated heterocycles. The SMILES string of the molecule is CCC(C)(C)C(=O)c1cc(O)c2c(=O)n(Cc3ccc(F)cc3)ccn2c1=O.Cl. The molecule has 2 aromatic heterocycles. The number of hydrogen-bond donors (Lipinski definition) is 1. The number of halogens is 2. The van der Waals surface area contributed by atoms with E-state index in [-0.39, 0.29) is 41.6 Å². The number of aromatic hydroxyl groups is 1. The highest BCUT2D eigenvalue weighted by Gasteiger charge is 2.30. The normalized spacial score (nSPS) is 11.3. The number of benzene rings is 1. The monoisotopic (exact) mass is 420 g/mol. The molecule has 0 saturated carbocycles. The summed E-state index contributed by atoms with van der Waals surface area (Å²) >= 11 is 0. The summed E-state index contributed by atoms with van der Waals surface area (Å²) < 4.78 is 15.4. The van der Waals surface area contributed by atoms with Gasteiger partial charge in [-0.05, 0) is 30.2 Å². The number of carbonyl (C=O) groups excluding carboxylic acids is 1. The van der Waals surface area contributed by atoms with Crippen LogP contribution in [0.2, 0.25) is 0 Å². The van der Waals surface area contributed by atoms with Crippen LogP contribution in [-0.2, 0) is 6.54 Å². The van der Waals surface area contributed by atoms with Crippen LogP contribution >= 0.6 is 12.4 Å². The van der Waals surface area contributed by atoms with E-state index in [0.29, 0.717) is 12.0 Å². The summed E-state index contributed by atoms with van der Waals surface area (Å²) in [5.41, 5.74) is -1.68. The smallest absolute Gasteiger partial charge is 0.279 e. The molecular weight excluding hydrogens is 399 g/mol. The number of Topliss-reactive ketones (excluding diaryl/α,β-unsaturated/α-hetero) is 1. The molecule has 29 heavy (non-hydrogen) atoms. The highest BCUT2D eigenvalue weighted by Crippen LogP contribution is 2.26. The highest BCUT2D eigenvalue weighted by molar-refractivity contribution is 6.00. The lowest BCUT2D eigenvalue weighted by Gasteiger charge is -2.20. The summed E-state index contributed by atoms with van der Waals surface area (Å²) in [5.74, 6) is -1.21. The van der Waals surface area contributed by atoms with Crippen LogP contribution in [0.25, 0.3) is 5.52 Å². The molecule has 0 aliphatic rings. The molecule has 0 spiro atoms. The molecule has 0 bridgehead atoms. The van der Waals surface area contributed by atoms with Crippen molar-refractivity contribution in [3.05, 3.63) is 80.4 Å². The fourth-order valence-electron chi connectivity index (χ4n) is 2.93. The zero-order valence-corrected chi connectivity index (χ0v) is 17.1. The van der Waals surface area contributed by atoms with Crippen molar-refractivity contribution in [3.63, 3.8) is 0 Å². The van der Waals surface area contributed by atoms with E-state index >= 15 is 0 Å². The summed E-state index contributed by atoms with van der Waals surface area (Å²) in [4.78, 5) is 38.3. The van der Waals surface area contributed by atoms with Gasteiger partial charge in [-0.15, -0.1) is 12.4 Å². The van der Waals surface area contributed by atoms with Gasteiger partial charge >= 0.3 is 0 Å². The van der Waals surface area contributed by atoms with E-state index in [2.05, 4.69) is 0 Å². The lowest BCUT2D eigenvalue weighted by molar-refractivity contribution is 0.0830. The molecule has 154 valence electrons. The maximum Gasteiger partial charge on any atom is 0.279 e. The van der Waals surface area contributed by atoms with Gasteiger partial charge < -0.3 is 9.67 Å². The van der Waals surface area contributed by atoms with Crippen LogP contribution in [0.3, 0.4) is 0 Å². The first kappa shape index (κ1) is 22.4. The Bertz CT molecular complexity index is 1180. The Morgan fingerprint density at radius 2 is 1.72 bits per heavy atom. The van der Waals surface area contributed by atoms with Gasteiger partial charge in [0.25, 0.3) is 11.1 Å². The van der Waals surface area contributed by atoms with E-state index in [0.717, 1.165) is 10.5 Å². The van der Waals surface area contributed by atoms with Gasteiger partial charge in [0.2, 0.25) is 0 Å². The van der Waals surface area contributed by atoms with E-state index in [1.165, 1.54) is 29.1 Å². The van der Waals surface area contributed by atoms with Gasteiger partial charge in [-0.25, -0.2) is 4.39 Å². The number of nitrogens with zero attached hydrogens (tertiary/aromatic N) is 2. The van der Waals surface area contributed by atoms with Crippen molar-refractivity contribution in [1.29, 1.82) is 0 Å². The lowest BCUT2D eigenvalue weighted by Crippen LogP contribution is -2.33. The van der Waals surface area contributed by atoms with Gasteiger partial charge in [0, 0.05) is 17.8 Å². The summed E-state index contributed by atoms with van der Waals surface area (Å²) in [6.45, 7) is 5.43. The zero-order chi connectivity index (χ0) is 20.6. The van der Waals surface area contributed by atoms with Crippen LogP contribution in [-0.4, -0.2) is 19.9 Å². The molecule has 0 radical (unpaired) electrons. The summed E-state index contributed by atoms with van der Waals surface area (Å²) in [7, 11) is 0. The standard InChI is InChI=1S/C21H21FN2O4.ClH/c1-4-21(2,3)18(26)15-11-16(25)17-20(28)23(9-10-24(17)19(15)27)12-13-5-7-14(22)8-6-13;/h5-11,25H,4,12H2,1-3H3;1H. The van der Waals surface area contributed by atoms with Gasteiger partial charge in [-0.2, -0.15) is 0 Å². The van der Waals surface area contributed by atoms with Crippen molar-refractivity contribution in [2.75, 3.05) is 0 Å². The van der Waals surface area contributed by atoms with Crippen LogP contribution in [0.5, 0.6) is 5.75 Å². The minimum atomic E-state index is -0.766. The zero-order valence-electron chi connectivity index (χ0n) is 16.3. The van der Waals surface area contributed by atoms with Gasteiger partial charge in [0.05, 0.1) is 12.1 Å². The van der Waals surface area contributed by atoms with E-state index in [9.17, 15) is 23.9 Å². The van der Waals surface area contributed by atoms with Crippen molar-refractivity contribution < 1.29 is 14.3 Å². The third kappa shape index (κ3) is 4.10. The van der Waals surface area contributed by atoms with Crippen LogP contribution < -0.4 is 11.1 Å². The maximum absolute atomic E-state index is 13.1. The minimum absolute atomic E-state index is 0. The van der Waals surface area contributed by atoms with E-state index in [1.807, 2.05) is 6.92 Å². The Balaban J connectivity index is 0.00000300. The maximum atomic E-state index is 13.1. The molecule has 1 N–H and O–H groups in total. The number of carbonyl (C=O) groups is 1. The number of rotatable bonds is 5. The first-order chi connectivity index (χ1) is 13.2. The third-order valence-corrected chi connectivity index (χ3v) is 5.08. The Morgan fingerprint density at radius 3 is 2.31 bits per heavy atom. The molecule has 8 heteroatoms. The molecule has 3 aromatic rings. The third-order valence-electron chi connectivity index (χ3n) is 5.08. The van der Waals surface area contributed by atoms with Crippen LogP contribution in [0.1, 0.15) is 43.1 Å². The Hall–Kier alpha value is -2.93. The second-order valence-electron chi connectivity index (χ2n) is 7.39. The molecule has 1 aromatic carbocycles. The summed E-state index contributed by atoms with van der Waals surface area (Å²) in [6, 6.07) is 6.74. The van der Waals surface area contributed by atoms with E-state index < -0.39 is 22.3 Å². The molecule has 2 heterocycles. The molecular formula is C21H22ClFN2O4. The quantitative estimate of drug-likeness (QED) is 0.641. The van der Waals surface area contributed by atoms with Crippen molar-refractivity contribution in [1.82, 2.24) is 8.97 Å². The Labute approximate surface area is 172 Å². The van der Waals surface area contributed by atoms with E-state index in [1.54, 1.807) is 26.0 Å².